The van der Waals surface area contributed by atoms with Crippen molar-refractivity contribution in [3.8, 4) is 0 Å². The molecule has 1 fully saturated rings. The molecular weight excluding hydrogens is 229 g/mol. The first kappa shape index (κ1) is 12.8. The molecule has 0 saturated heterocycles. The summed E-state index contributed by atoms with van der Waals surface area (Å²) in [5, 5.41) is 0.916. The standard InChI is InChI=1S/C13H12FNO.C2H6/c1-8-7-9-3-2-4-11(14)12(9)13(16)15(8)10-5-6-10;1-2/h2-4,7,10H,5-6H2,1H3;1-2H3. The first-order valence-electron chi connectivity index (χ1n) is 6.49. The minimum atomic E-state index is -0.420. The van der Waals surface area contributed by atoms with Crippen molar-refractivity contribution in [1.82, 2.24) is 4.57 Å². The van der Waals surface area contributed by atoms with Crippen LogP contribution in [0.2, 0.25) is 0 Å². The molecule has 0 spiro atoms. The van der Waals surface area contributed by atoms with Crippen molar-refractivity contribution in [3.05, 3.63) is 46.1 Å². The lowest BCUT2D eigenvalue weighted by atomic mass is 10.1. The average Bonchev–Trinajstić information content (AvgIpc) is 3.15. The van der Waals surface area contributed by atoms with Gasteiger partial charge in [0, 0.05) is 11.7 Å². The summed E-state index contributed by atoms with van der Waals surface area (Å²) < 4.78 is 15.4. The zero-order valence-electron chi connectivity index (χ0n) is 11.0. The molecule has 0 atom stereocenters. The van der Waals surface area contributed by atoms with Crippen LogP contribution in [0, 0.1) is 12.7 Å². The molecule has 3 rings (SSSR count). The lowest BCUT2D eigenvalue weighted by molar-refractivity contribution is 0.631. The Kier molecular flexibility index (Phi) is 3.50. The predicted octanol–water partition coefficient (Wildman–Crippen LogP) is 3.81. The van der Waals surface area contributed by atoms with E-state index in [0.717, 1.165) is 18.5 Å². The molecule has 0 radical (unpaired) electrons. The van der Waals surface area contributed by atoms with Gasteiger partial charge in [-0.05, 0) is 37.3 Å². The number of nitrogens with zero attached hydrogens (tertiary/aromatic N) is 1. The van der Waals surface area contributed by atoms with Gasteiger partial charge in [0.15, 0.2) is 0 Å². The largest absolute Gasteiger partial charge is 0.309 e. The van der Waals surface area contributed by atoms with Gasteiger partial charge in [-0.25, -0.2) is 4.39 Å². The number of rotatable bonds is 1. The van der Waals surface area contributed by atoms with Crippen molar-refractivity contribution in [1.29, 1.82) is 0 Å². The van der Waals surface area contributed by atoms with Crippen LogP contribution in [-0.4, -0.2) is 4.57 Å². The number of aryl methyl sites for hydroxylation is 1. The second-order valence-electron chi connectivity index (χ2n) is 4.40. The van der Waals surface area contributed by atoms with Gasteiger partial charge >= 0.3 is 0 Å². The smallest absolute Gasteiger partial charge is 0.261 e. The molecule has 96 valence electrons. The van der Waals surface area contributed by atoms with E-state index in [1.165, 1.54) is 6.07 Å². The van der Waals surface area contributed by atoms with Crippen LogP contribution >= 0.6 is 0 Å². The molecule has 1 saturated carbocycles. The molecular formula is C15H18FNO. The molecule has 2 aromatic rings. The van der Waals surface area contributed by atoms with Gasteiger partial charge in [-0.1, -0.05) is 26.0 Å². The van der Waals surface area contributed by atoms with Crippen molar-refractivity contribution < 1.29 is 4.39 Å². The van der Waals surface area contributed by atoms with Crippen LogP contribution < -0.4 is 5.56 Å². The summed E-state index contributed by atoms with van der Waals surface area (Å²) in [4.78, 5) is 12.2. The van der Waals surface area contributed by atoms with Gasteiger partial charge < -0.3 is 4.57 Å². The Labute approximate surface area is 106 Å². The van der Waals surface area contributed by atoms with Crippen molar-refractivity contribution in [2.24, 2.45) is 0 Å². The third-order valence-electron chi connectivity index (χ3n) is 3.13. The van der Waals surface area contributed by atoms with E-state index >= 15 is 0 Å². The third-order valence-corrected chi connectivity index (χ3v) is 3.13. The number of hydrogen-bond acceptors (Lipinski definition) is 1. The van der Waals surface area contributed by atoms with E-state index in [9.17, 15) is 9.18 Å². The second-order valence-corrected chi connectivity index (χ2v) is 4.40. The summed E-state index contributed by atoms with van der Waals surface area (Å²) in [5.74, 6) is -0.420. The Hall–Kier alpha value is -1.64. The number of halogens is 1. The van der Waals surface area contributed by atoms with Gasteiger partial charge in [-0.15, -0.1) is 0 Å². The van der Waals surface area contributed by atoms with E-state index in [4.69, 9.17) is 0 Å². The maximum atomic E-state index is 13.6. The van der Waals surface area contributed by atoms with E-state index in [-0.39, 0.29) is 17.0 Å². The van der Waals surface area contributed by atoms with Crippen LogP contribution in [0.4, 0.5) is 4.39 Å². The van der Waals surface area contributed by atoms with E-state index in [0.29, 0.717) is 5.39 Å². The van der Waals surface area contributed by atoms with Gasteiger partial charge in [-0.2, -0.15) is 0 Å². The minimum Gasteiger partial charge on any atom is -0.309 e. The van der Waals surface area contributed by atoms with Crippen molar-refractivity contribution in [2.75, 3.05) is 0 Å². The van der Waals surface area contributed by atoms with Gasteiger partial charge in [0.05, 0.1) is 5.39 Å². The van der Waals surface area contributed by atoms with Crippen LogP contribution in [0.1, 0.15) is 38.4 Å². The molecule has 0 unspecified atom stereocenters. The molecule has 1 aromatic heterocycles. The Morgan fingerprint density at radius 2 is 1.94 bits per heavy atom. The molecule has 1 heterocycles. The maximum Gasteiger partial charge on any atom is 0.261 e. The first-order chi connectivity index (χ1) is 8.68. The van der Waals surface area contributed by atoms with Crippen LogP contribution in [0.3, 0.4) is 0 Å². The number of benzene rings is 1. The zero-order chi connectivity index (χ0) is 13.3. The van der Waals surface area contributed by atoms with Crippen molar-refractivity contribution >= 4 is 10.8 Å². The fourth-order valence-electron chi connectivity index (χ4n) is 2.25. The highest BCUT2D eigenvalue weighted by Gasteiger charge is 2.26. The fraction of sp³-hybridized carbons (Fsp3) is 0.400. The summed E-state index contributed by atoms with van der Waals surface area (Å²) >= 11 is 0. The summed E-state index contributed by atoms with van der Waals surface area (Å²) in [7, 11) is 0. The second kappa shape index (κ2) is 4.92. The lowest BCUT2D eigenvalue weighted by Gasteiger charge is -2.10. The molecule has 1 aromatic carbocycles. The van der Waals surface area contributed by atoms with Crippen molar-refractivity contribution in [2.45, 2.75) is 39.7 Å². The first-order valence-corrected chi connectivity index (χ1v) is 6.49. The number of aromatic nitrogens is 1. The average molecular weight is 247 g/mol. The van der Waals surface area contributed by atoms with Crippen LogP contribution in [0.15, 0.2) is 29.1 Å². The van der Waals surface area contributed by atoms with Gasteiger partial charge in [0.25, 0.3) is 5.56 Å². The maximum absolute atomic E-state index is 13.6. The highest BCUT2D eigenvalue weighted by atomic mass is 19.1. The molecule has 0 bridgehead atoms. The van der Waals surface area contributed by atoms with E-state index in [1.54, 1.807) is 16.7 Å². The Morgan fingerprint density at radius 1 is 1.28 bits per heavy atom. The molecule has 0 N–H and O–H groups in total. The molecule has 18 heavy (non-hydrogen) atoms. The van der Waals surface area contributed by atoms with E-state index in [1.807, 2.05) is 26.8 Å². The summed E-state index contributed by atoms with van der Waals surface area (Å²) in [6, 6.07) is 6.94. The molecule has 1 aliphatic carbocycles. The molecule has 3 heteroatoms. The predicted molar refractivity (Wildman–Crippen MR) is 72.5 cm³/mol. The highest BCUT2D eigenvalue weighted by molar-refractivity contribution is 5.82. The normalized spacial score (nSPS) is 14.2. The summed E-state index contributed by atoms with van der Waals surface area (Å²) in [6.07, 6.45) is 2.06. The Balaban J connectivity index is 0.000000574. The molecule has 2 nitrogen and oxygen atoms in total. The summed E-state index contributed by atoms with van der Waals surface area (Å²) in [5.41, 5.74) is 0.737. The molecule has 0 amide bonds. The minimum absolute atomic E-state index is 0.185. The lowest BCUT2D eigenvalue weighted by Crippen LogP contribution is -2.22. The Morgan fingerprint density at radius 3 is 2.56 bits per heavy atom. The monoisotopic (exact) mass is 247 g/mol. The topological polar surface area (TPSA) is 22.0 Å². The fourth-order valence-corrected chi connectivity index (χ4v) is 2.25. The van der Waals surface area contributed by atoms with Crippen LogP contribution in [0.5, 0.6) is 0 Å². The number of hydrogen-bond donors (Lipinski definition) is 0. The SMILES string of the molecule is CC.Cc1cc2cccc(F)c2c(=O)n1C1CC1. The van der Waals surface area contributed by atoms with Gasteiger partial charge in [-0.3, -0.25) is 4.79 Å². The van der Waals surface area contributed by atoms with Crippen LogP contribution in [0.25, 0.3) is 10.8 Å². The highest BCUT2D eigenvalue weighted by Crippen LogP contribution is 2.35. The van der Waals surface area contributed by atoms with E-state index in [2.05, 4.69) is 0 Å². The van der Waals surface area contributed by atoms with Crippen LogP contribution in [-0.2, 0) is 0 Å². The van der Waals surface area contributed by atoms with Gasteiger partial charge in [0.1, 0.15) is 5.82 Å². The Bertz CT molecular complexity index is 626. The number of pyridine rings is 1. The van der Waals surface area contributed by atoms with E-state index < -0.39 is 5.82 Å². The molecule has 1 aliphatic rings. The quantitative estimate of drug-likeness (QED) is 0.751. The number of fused-ring (bicyclic) bond motifs is 1. The molecule has 0 aliphatic heterocycles. The summed E-state index contributed by atoms with van der Waals surface area (Å²) in [6.45, 7) is 5.91. The zero-order valence-corrected chi connectivity index (χ0v) is 11.0. The van der Waals surface area contributed by atoms with Gasteiger partial charge in [0.2, 0.25) is 0 Å². The third kappa shape index (κ3) is 2.05. The van der Waals surface area contributed by atoms with Crippen molar-refractivity contribution in [3.63, 3.8) is 0 Å².